The van der Waals surface area contributed by atoms with E-state index < -0.39 is 5.54 Å². The zero-order chi connectivity index (χ0) is 13.3. The van der Waals surface area contributed by atoms with Crippen LogP contribution >= 0.6 is 0 Å². The van der Waals surface area contributed by atoms with Crippen LogP contribution in [-0.2, 0) is 19.0 Å². The van der Waals surface area contributed by atoms with Crippen molar-refractivity contribution < 1.29 is 0 Å². The van der Waals surface area contributed by atoms with Crippen LogP contribution in [0.2, 0.25) is 0 Å². The van der Waals surface area contributed by atoms with Gasteiger partial charge in [0.1, 0.15) is 0 Å². The first kappa shape index (κ1) is 12.8. The van der Waals surface area contributed by atoms with Crippen LogP contribution in [0.3, 0.4) is 0 Å². The molecular weight excluding hydrogens is 224 g/mol. The molecule has 4 heteroatoms. The number of nitrogens with zero attached hydrogens (tertiary/aromatic N) is 3. The van der Waals surface area contributed by atoms with Crippen LogP contribution in [0.1, 0.15) is 29.3 Å². The summed E-state index contributed by atoms with van der Waals surface area (Å²) in [4.78, 5) is 0. The van der Waals surface area contributed by atoms with E-state index in [9.17, 15) is 0 Å². The Bertz CT molecular complexity index is 555. The summed E-state index contributed by atoms with van der Waals surface area (Å²) in [6.45, 7) is 6.22. The van der Waals surface area contributed by atoms with Crippen molar-refractivity contribution in [2.45, 2.75) is 32.7 Å². The molecule has 0 aliphatic rings. The minimum Gasteiger partial charge on any atom is -0.321 e. The van der Waals surface area contributed by atoms with E-state index in [0.29, 0.717) is 6.42 Å². The van der Waals surface area contributed by atoms with Gasteiger partial charge in [0.2, 0.25) is 0 Å². The van der Waals surface area contributed by atoms with E-state index in [1.165, 1.54) is 16.7 Å². The highest BCUT2D eigenvalue weighted by Gasteiger charge is 2.25. The molecule has 0 bridgehead atoms. The van der Waals surface area contributed by atoms with Gasteiger partial charge in [-0.1, -0.05) is 29.0 Å². The number of hydrogen-bond acceptors (Lipinski definition) is 3. The third kappa shape index (κ3) is 2.59. The molecule has 1 atom stereocenters. The van der Waals surface area contributed by atoms with Gasteiger partial charge < -0.3 is 5.73 Å². The van der Waals surface area contributed by atoms with Crippen molar-refractivity contribution in [3.8, 4) is 0 Å². The van der Waals surface area contributed by atoms with Crippen molar-refractivity contribution in [2.75, 3.05) is 0 Å². The first-order valence-electron chi connectivity index (χ1n) is 6.10. The fourth-order valence-corrected chi connectivity index (χ4v) is 2.30. The highest BCUT2D eigenvalue weighted by atomic mass is 15.4. The lowest BCUT2D eigenvalue weighted by molar-refractivity contribution is 0.481. The first-order chi connectivity index (χ1) is 8.38. The maximum atomic E-state index is 6.47. The van der Waals surface area contributed by atoms with E-state index in [1.807, 2.05) is 20.2 Å². The number of nitrogens with two attached hydrogens (primary N) is 1. The highest BCUT2D eigenvalue weighted by molar-refractivity contribution is 5.36. The molecule has 1 aromatic heterocycles. The number of benzene rings is 1. The van der Waals surface area contributed by atoms with Crippen molar-refractivity contribution in [1.82, 2.24) is 15.0 Å². The Morgan fingerprint density at radius 1 is 1.33 bits per heavy atom. The third-order valence-corrected chi connectivity index (χ3v) is 3.21. The Morgan fingerprint density at radius 3 is 2.67 bits per heavy atom. The van der Waals surface area contributed by atoms with Crippen LogP contribution in [0, 0.1) is 13.8 Å². The Kier molecular flexibility index (Phi) is 3.22. The van der Waals surface area contributed by atoms with Gasteiger partial charge >= 0.3 is 0 Å². The van der Waals surface area contributed by atoms with Crippen LogP contribution in [0.15, 0.2) is 24.4 Å². The topological polar surface area (TPSA) is 56.7 Å². The maximum absolute atomic E-state index is 6.47. The molecule has 4 nitrogen and oxygen atoms in total. The Labute approximate surface area is 108 Å². The van der Waals surface area contributed by atoms with E-state index in [2.05, 4.69) is 42.4 Å². The lowest BCUT2D eigenvalue weighted by Crippen LogP contribution is -2.36. The summed E-state index contributed by atoms with van der Waals surface area (Å²) in [5.41, 5.74) is 10.6. The lowest BCUT2D eigenvalue weighted by atomic mass is 9.85. The summed E-state index contributed by atoms with van der Waals surface area (Å²) in [6.07, 6.45) is 2.60. The average Bonchev–Trinajstić information content (AvgIpc) is 2.66. The Balaban J connectivity index is 2.32. The fourth-order valence-electron chi connectivity index (χ4n) is 2.30. The summed E-state index contributed by atoms with van der Waals surface area (Å²) < 4.78 is 1.70. The van der Waals surface area contributed by atoms with E-state index in [1.54, 1.807) is 4.68 Å². The van der Waals surface area contributed by atoms with Crippen LogP contribution in [0.25, 0.3) is 0 Å². The third-order valence-electron chi connectivity index (χ3n) is 3.21. The van der Waals surface area contributed by atoms with Gasteiger partial charge in [0, 0.05) is 25.2 Å². The van der Waals surface area contributed by atoms with Gasteiger partial charge in [-0.3, -0.25) is 4.68 Å². The van der Waals surface area contributed by atoms with Gasteiger partial charge in [-0.15, -0.1) is 5.10 Å². The second-order valence-electron chi connectivity index (χ2n) is 5.30. The van der Waals surface area contributed by atoms with Gasteiger partial charge in [-0.05, 0) is 31.9 Å². The Morgan fingerprint density at radius 2 is 2.06 bits per heavy atom. The molecule has 0 saturated heterocycles. The number of aromatic nitrogens is 3. The molecule has 0 fully saturated rings. The SMILES string of the molecule is Cc1ccc(C)c(C(C)(N)Cc2cn(C)nn2)c1. The smallest absolute Gasteiger partial charge is 0.0848 e. The zero-order valence-corrected chi connectivity index (χ0v) is 11.4. The standard InChI is InChI=1S/C14H20N4/c1-10-5-6-11(2)13(7-10)14(3,15)8-12-9-18(4)17-16-12/h5-7,9H,8,15H2,1-4H3. The van der Waals surface area contributed by atoms with E-state index in [4.69, 9.17) is 5.73 Å². The van der Waals surface area contributed by atoms with Crippen LogP contribution < -0.4 is 5.73 Å². The second-order valence-corrected chi connectivity index (χ2v) is 5.30. The molecule has 0 aliphatic carbocycles. The minimum atomic E-state index is -0.424. The monoisotopic (exact) mass is 244 g/mol. The van der Waals surface area contributed by atoms with E-state index in [-0.39, 0.29) is 0 Å². The van der Waals surface area contributed by atoms with Gasteiger partial charge in [-0.2, -0.15) is 0 Å². The van der Waals surface area contributed by atoms with Crippen LogP contribution in [0.4, 0.5) is 0 Å². The molecule has 1 aromatic carbocycles. The molecule has 0 saturated carbocycles. The van der Waals surface area contributed by atoms with Gasteiger partial charge in [0.15, 0.2) is 0 Å². The number of rotatable bonds is 3. The molecular formula is C14H20N4. The molecule has 18 heavy (non-hydrogen) atoms. The van der Waals surface area contributed by atoms with Gasteiger partial charge in [0.25, 0.3) is 0 Å². The van der Waals surface area contributed by atoms with E-state index in [0.717, 1.165) is 5.69 Å². The zero-order valence-electron chi connectivity index (χ0n) is 11.4. The summed E-state index contributed by atoms with van der Waals surface area (Å²) in [5.74, 6) is 0. The molecule has 2 N–H and O–H groups in total. The predicted molar refractivity (Wildman–Crippen MR) is 72.2 cm³/mol. The van der Waals surface area contributed by atoms with Crippen molar-refractivity contribution in [3.05, 3.63) is 46.8 Å². The molecule has 0 spiro atoms. The van der Waals surface area contributed by atoms with Crippen LogP contribution in [-0.4, -0.2) is 15.0 Å². The molecule has 0 aliphatic heterocycles. The fraction of sp³-hybridized carbons (Fsp3) is 0.429. The number of aryl methyl sites for hydroxylation is 3. The van der Waals surface area contributed by atoms with Crippen molar-refractivity contribution >= 4 is 0 Å². The first-order valence-corrected chi connectivity index (χ1v) is 6.10. The molecule has 96 valence electrons. The van der Waals surface area contributed by atoms with Crippen molar-refractivity contribution in [1.29, 1.82) is 0 Å². The molecule has 2 rings (SSSR count). The lowest BCUT2D eigenvalue weighted by Gasteiger charge is -2.26. The Hall–Kier alpha value is -1.68. The van der Waals surface area contributed by atoms with Crippen molar-refractivity contribution in [3.63, 3.8) is 0 Å². The van der Waals surface area contributed by atoms with Gasteiger partial charge in [-0.25, -0.2) is 0 Å². The summed E-state index contributed by atoms with van der Waals surface area (Å²) in [7, 11) is 1.86. The normalized spacial score (nSPS) is 14.5. The van der Waals surface area contributed by atoms with E-state index >= 15 is 0 Å². The second kappa shape index (κ2) is 4.53. The average molecular weight is 244 g/mol. The maximum Gasteiger partial charge on any atom is 0.0848 e. The van der Waals surface area contributed by atoms with Gasteiger partial charge in [0.05, 0.1) is 5.69 Å². The largest absolute Gasteiger partial charge is 0.321 e. The van der Waals surface area contributed by atoms with Crippen LogP contribution in [0.5, 0.6) is 0 Å². The van der Waals surface area contributed by atoms with Crippen molar-refractivity contribution in [2.24, 2.45) is 12.8 Å². The highest BCUT2D eigenvalue weighted by Crippen LogP contribution is 2.25. The predicted octanol–water partition coefficient (Wildman–Crippen LogP) is 1.85. The summed E-state index contributed by atoms with van der Waals surface area (Å²) >= 11 is 0. The summed E-state index contributed by atoms with van der Waals surface area (Å²) in [5, 5.41) is 8.06. The molecule has 2 aromatic rings. The molecule has 1 unspecified atom stereocenters. The molecule has 0 radical (unpaired) electrons. The summed E-state index contributed by atoms with van der Waals surface area (Å²) in [6, 6.07) is 6.38. The quantitative estimate of drug-likeness (QED) is 0.896. The molecule has 0 amide bonds. The molecule has 1 heterocycles. The number of hydrogen-bond donors (Lipinski definition) is 1. The minimum absolute atomic E-state index is 0.424.